The van der Waals surface area contributed by atoms with Crippen molar-refractivity contribution in [3.63, 3.8) is 0 Å². The largest absolute Gasteiger partial charge is 0.497 e. The van der Waals surface area contributed by atoms with Gasteiger partial charge in [0.25, 0.3) is 0 Å². The van der Waals surface area contributed by atoms with Gasteiger partial charge >= 0.3 is 0 Å². The van der Waals surface area contributed by atoms with E-state index in [1.165, 1.54) is 18.4 Å². The van der Waals surface area contributed by atoms with Crippen LogP contribution in [-0.4, -0.2) is 37.6 Å². The average molecular weight is 293 g/mol. The van der Waals surface area contributed by atoms with Gasteiger partial charge < -0.3 is 19.9 Å². The molecule has 21 heavy (non-hydrogen) atoms. The van der Waals surface area contributed by atoms with Gasteiger partial charge in [0.1, 0.15) is 5.75 Å². The normalized spacial score (nSPS) is 18.6. The van der Waals surface area contributed by atoms with Crippen LogP contribution < -0.4 is 10.1 Å². The van der Waals surface area contributed by atoms with Gasteiger partial charge in [0.05, 0.1) is 25.9 Å². The van der Waals surface area contributed by atoms with Crippen LogP contribution in [0.25, 0.3) is 0 Å². The van der Waals surface area contributed by atoms with Crippen molar-refractivity contribution in [2.75, 3.05) is 20.3 Å². The number of hydrogen-bond donors (Lipinski definition) is 2. The number of rotatable bonds is 8. The molecule has 0 amide bonds. The molecular formula is C17H27NO3. The lowest BCUT2D eigenvalue weighted by atomic mass is 10.1. The predicted molar refractivity (Wildman–Crippen MR) is 83.6 cm³/mol. The Balaban J connectivity index is 1.68. The molecule has 118 valence electrons. The fourth-order valence-corrected chi connectivity index (χ4v) is 2.68. The van der Waals surface area contributed by atoms with Crippen LogP contribution in [0, 0.1) is 0 Å². The summed E-state index contributed by atoms with van der Waals surface area (Å²) < 4.78 is 10.9. The standard InChI is InChI=1S/C17H27NO3/c1-13(14-7-9-16(20-2)10-8-14)18-11-15(19)12-21-17-5-3-4-6-17/h7-10,13,15,17-19H,3-6,11-12H2,1-2H3/t13-,15?/m1/s1. The first-order valence-electron chi connectivity index (χ1n) is 7.86. The summed E-state index contributed by atoms with van der Waals surface area (Å²) >= 11 is 0. The monoisotopic (exact) mass is 293 g/mol. The zero-order valence-electron chi connectivity index (χ0n) is 13.0. The van der Waals surface area contributed by atoms with Crippen molar-refractivity contribution in [2.24, 2.45) is 0 Å². The van der Waals surface area contributed by atoms with Crippen molar-refractivity contribution < 1.29 is 14.6 Å². The lowest BCUT2D eigenvalue weighted by Gasteiger charge is -2.19. The van der Waals surface area contributed by atoms with Gasteiger partial charge in [-0.2, -0.15) is 0 Å². The summed E-state index contributed by atoms with van der Waals surface area (Å²) in [6, 6.07) is 8.17. The first-order chi connectivity index (χ1) is 10.2. The Morgan fingerprint density at radius 1 is 1.24 bits per heavy atom. The lowest BCUT2D eigenvalue weighted by Crippen LogP contribution is -2.33. The Bertz CT molecular complexity index is 401. The van der Waals surface area contributed by atoms with E-state index in [1.54, 1.807) is 7.11 Å². The van der Waals surface area contributed by atoms with E-state index in [0.717, 1.165) is 18.6 Å². The molecule has 0 radical (unpaired) electrons. The molecule has 4 nitrogen and oxygen atoms in total. The molecule has 0 aromatic heterocycles. The molecular weight excluding hydrogens is 266 g/mol. The van der Waals surface area contributed by atoms with Gasteiger partial charge in [-0.05, 0) is 37.5 Å². The van der Waals surface area contributed by atoms with Crippen LogP contribution in [0.3, 0.4) is 0 Å². The number of nitrogens with one attached hydrogen (secondary N) is 1. The minimum absolute atomic E-state index is 0.192. The molecule has 4 heteroatoms. The van der Waals surface area contributed by atoms with Crippen molar-refractivity contribution >= 4 is 0 Å². The zero-order valence-corrected chi connectivity index (χ0v) is 13.0. The molecule has 0 aliphatic heterocycles. The Morgan fingerprint density at radius 3 is 2.52 bits per heavy atom. The Labute approximate surface area is 127 Å². The zero-order chi connectivity index (χ0) is 15.1. The van der Waals surface area contributed by atoms with Crippen molar-refractivity contribution in [1.29, 1.82) is 0 Å². The molecule has 2 N–H and O–H groups in total. The van der Waals surface area contributed by atoms with E-state index in [2.05, 4.69) is 12.2 Å². The van der Waals surface area contributed by atoms with Crippen LogP contribution in [0.4, 0.5) is 0 Å². The quantitative estimate of drug-likeness (QED) is 0.774. The Hall–Kier alpha value is -1.10. The molecule has 1 aromatic carbocycles. The topological polar surface area (TPSA) is 50.7 Å². The molecule has 0 spiro atoms. The van der Waals surface area contributed by atoms with E-state index in [4.69, 9.17) is 9.47 Å². The van der Waals surface area contributed by atoms with Crippen molar-refractivity contribution in [3.8, 4) is 5.75 Å². The van der Waals surface area contributed by atoms with Crippen LogP contribution in [0.2, 0.25) is 0 Å². The maximum absolute atomic E-state index is 9.98. The van der Waals surface area contributed by atoms with Gasteiger partial charge in [-0.25, -0.2) is 0 Å². The summed E-state index contributed by atoms with van der Waals surface area (Å²) in [6.45, 7) is 3.05. The highest BCUT2D eigenvalue weighted by molar-refractivity contribution is 5.28. The Kier molecular flexibility index (Phi) is 6.49. The second kappa shape index (κ2) is 8.37. The molecule has 0 saturated heterocycles. The molecule has 1 aromatic rings. The third-order valence-electron chi connectivity index (χ3n) is 4.10. The predicted octanol–water partition coefficient (Wildman–Crippen LogP) is 2.67. The fourth-order valence-electron chi connectivity index (χ4n) is 2.68. The maximum atomic E-state index is 9.98. The minimum Gasteiger partial charge on any atom is -0.497 e. The lowest BCUT2D eigenvalue weighted by molar-refractivity contribution is -0.00610. The smallest absolute Gasteiger partial charge is 0.118 e. The van der Waals surface area contributed by atoms with Crippen molar-refractivity contribution in [1.82, 2.24) is 5.32 Å². The molecule has 1 aliphatic rings. The van der Waals surface area contributed by atoms with E-state index in [0.29, 0.717) is 19.3 Å². The van der Waals surface area contributed by atoms with E-state index in [-0.39, 0.29) is 6.04 Å². The van der Waals surface area contributed by atoms with Gasteiger partial charge in [0, 0.05) is 12.6 Å². The number of aliphatic hydroxyl groups excluding tert-OH is 1. The molecule has 2 atom stereocenters. The van der Waals surface area contributed by atoms with Crippen LogP contribution >= 0.6 is 0 Å². The highest BCUT2D eigenvalue weighted by atomic mass is 16.5. The summed E-state index contributed by atoms with van der Waals surface area (Å²) in [4.78, 5) is 0. The van der Waals surface area contributed by atoms with Crippen LogP contribution in [0.5, 0.6) is 5.75 Å². The van der Waals surface area contributed by atoms with Crippen LogP contribution in [-0.2, 0) is 4.74 Å². The maximum Gasteiger partial charge on any atom is 0.118 e. The van der Waals surface area contributed by atoms with E-state index in [9.17, 15) is 5.11 Å². The van der Waals surface area contributed by atoms with E-state index >= 15 is 0 Å². The van der Waals surface area contributed by atoms with Gasteiger partial charge in [-0.1, -0.05) is 25.0 Å². The third-order valence-corrected chi connectivity index (χ3v) is 4.10. The second-order valence-electron chi connectivity index (χ2n) is 5.80. The number of methoxy groups -OCH3 is 1. The average Bonchev–Trinajstić information content (AvgIpc) is 3.04. The van der Waals surface area contributed by atoms with Gasteiger partial charge in [0.15, 0.2) is 0 Å². The highest BCUT2D eigenvalue weighted by Crippen LogP contribution is 2.21. The van der Waals surface area contributed by atoms with Crippen molar-refractivity contribution in [2.45, 2.75) is 50.9 Å². The number of aliphatic hydroxyl groups is 1. The summed E-state index contributed by atoms with van der Waals surface area (Å²) in [5, 5.41) is 13.3. The Morgan fingerprint density at radius 2 is 1.90 bits per heavy atom. The molecule has 1 unspecified atom stereocenters. The summed E-state index contributed by atoms with van der Waals surface area (Å²) in [5.74, 6) is 0.857. The molecule has 2 rings (SSSR count). The molecule has 1 aliphatic carbocycles. The van der Waals surface area contributed by atoms with E-state index in [1.807, 2.05) is 24.3 Å². The number of ether oxygens (including phenoxy) is 2. The van der Waals surface area contributed by atoms with Gasteiger partial charge in [-0.15, -0.1) is 0 Å². The second-order valence-corrected chi connectivity index (χ2v) is 5.80. The highest BCUT2D eigenvalue weighted by Gasteiger charge is 2.17. The molecule has 1 fully saturated rings. The molecule has 1 saturated carbocycles. The summed E-state index contributed by atoms with van der Waals surface area (Å²) in [5.41, 5.74) is 1.18. The van der Waals surface area contributed by atoms with Gasteiger partial charge in [0.2, 0.25) is 0 Å². The third kappa shape index (κ3) is 5.30. The van der Waals surface area contributed by atoms with E-state index < -0.39 is 6.10 Å². The summed E-state index contributed by atoms with van der Waals surface area (Å²) in [7, 11) is 1.66. The fraction of sp³-hybridized carbons (Fsp3) is 0.647. The molecule has 0 heterocycles. The molecule has 0 bridgehead atoms. The van der Waals surface area contributed by atoms with Crippen LogP contribution in [0.15, 0.2) is 24.3 Å². The minimum atomic E-state index is -0.453. The number of benzene rings is 1. The van der Waals surface area contributed by atoms with Crippen molar-refractivity contribution in [3.05, 3.63) is 29.8 Å². The summed E-state index contributed by atoms with van der Waals surface area (Å²) in [6.07, 6.45) is 4.70. The van der Waals surface area contributed by atoms with Crippen LogP contribution in [0.1, 0.15) is 44.2 Å². The SMILES string of the molecule is COc1ccc([C@@H](C)NCC(O)COC2CCCC2)cc1. The first kappa shape index (κ1) is 16.3. The van der Waals surface area contributed by atoms with Gasteiger partial charge in [-0.3, -0.25) is 0 Å². The first-order valence-corrected chi connectivity index (χ1v) is 7.86. The number of hydrogen-bond acceptors (Lipinski definition) is 4.